The lowest BCUT2D eigenvalue weighted by Crippen LogP contribution is -2.34. The number of unbranched alkanes of at least 4 members (excludes halogenated alkanes) is 1. The van der Waals surface area contributed by atoms with Gasteiger partial charge in [-0.3, -0.25) is 14.7 Å². The number of rotatable bonds is 8. The van der Waals surface area contributed by atoms with E-state index in [4.69, 9.17) is 10.5 Å². The molecule has 3 N–H and O–H groups in total. The van der Waals surface area contributed by atoms with E-state index in [2.05, 4.69) is 19.9 Å². The number of ether oxygens (including phenoxy) is 1. The smallest absolute Gasteiger partial charge is 0.249 e. The Morgan fingerprint density at radius 1 is 1.13 bits per heavy atom. The molecule has 0 atom stereocenters. The van der Waals surface area contributed by atoms with Gasteiger partial charge >= 0.3 is 0 Å². The zero-order valence-electron chi connectivity index (χ0n) is 17.5. The molecule has 0 amide bonds. The Hall–Kier alpha value is -3.45. The highest BCUT2D eigenvalue weighted by molar-refractivity contribution is 5.82. The summed E-state index contributed by atoms with van der Waals surface area (Å²) in [6.07, 6.45) is 4.71. The average Bonchev–Trinajstić information content (AvgIpc) is 2.79. The van der Waals surface area contributed by atoms with Gasteiger partial charge in [0.15, 0.2) is 0 Å². The minimum atomic E-state index is -0.165. The SMILES string of the molecule is NC1=C(C=Nc2ccccc2)CN(CCCCOc2ccc3ccc(=O)[nH]c3n2)CC1. The molecular weight excluding hydrogens is 390 g/mol. The summed E-state index contributed by atoms with van der Waals surface area (Å²) in [6.45, 7) is 3.36. The maximum Gasteiger partial charge on any atom is 0.249 e. The number of H-pyrrole nitrogens is 1. The van der Waals surface area contributed by atoms with Crippen molar-refractivity contribution in [2.45, 2.75) is 19.3 Å². The van der Waals surface area contributed by atoms with Gasteiger partial charge in [-0.05, 0) is 43.7 Å². The number of aromatic amines is 1. The van der Waals surface area contributed by atoms with Crippen molar-refractivity contribution in [1.82, 2.24) is 14.9 Å². The highest BCUT2D eigenvalue weighted by atomic mass is 16.5. The third-order valence-electron chi connectivity index (χ3n) is 5.30. The normalized spacial score (nSPS) is 15.1. The molecule has 0 spiro atoms. The van der Waals surface area contributed by atoms with E-state index in [-0.39, 0.29) is 5.56 Å². The van der Waals surface area contributed by atoms with Gasteiger partial charge in [0.2, 0.25) is 11.4 Å². The Morgan fingerprint density at radius 2 is 1.97 bits per heavy atom. The predicted molar refractivity (Wildman–Crippen MR) is 124 cm³/mol. The molecule has 160 valence electrons. The average molecular weight is 418 g/mol. The van der Waals surface area contributed by atoms with Crippen LogP contribution >= 0.6 is 0 Å². The van der Waals surface area contributed by atoms with Crippen LogP contribution in [0.2, 0.25) is 0 Å². The lowest BCUT2D eigenvalue weighted by Gasteiger charge is -2.28. The number of hydrogen-bond donors (Lipinski definition) is 2. The van der Waals surface area contributed by atoms with Gasteiger partial charge in [-0.1, -0.05) is 18.2 Å². The Labute approximate surface area is 181 Å². The van der Waals surface area contributed by atoms with Gasteiger partial charge < -0.3 is 15.5 Å². The van der Waals surface area contributed by atoms with Crippen LogP contribution in [0.3, 0.4) is 0 Å². The van der Waals surface area contributed by atoms with Crippen molar-refractivity contribution in [3.8, 4) is 5.88 Å². The molecule has 7 heteroatoms. The fourth-order valence-corrected chi connectivity index (χ4v) is 3.55. The minimum absolute atomic E-state index is 0.165. The van der Waals surface area contributed by atoms with Crippen LogP contribution in [0.15, 0.2) is 75.7 Å². The van der Waals surface area contributed by atoms with Crippen LogP contribution in [-0.2, 0) is 0 Å². The van der Waals surface area contributed by atoms with E-state index >= 15 is 0 Å². The fraction of sp³-hybridized carbons (Fsp3) is 0.292. The summed E-state index contributed by atoms with van der Waals surface area (Å²) in [5.41, 5.74) is 9.55. The molecule has 0 saturated heterocycles. The van der Waals surface area contributed by atoms with Crippen molar-refractivity contribution in [2.24, 2.45) is 10.7 Å². The first-order chi connectivity index (χ1) is 15.2. The van der Waals surface area contributed by atoms with Gasteiger partial charge in [-0.2, -0.15) is 4.98 Å². The Morgan fingerprint density at radius 3 is 2.84 bits per heavy atom. The van der Waals surface area contributed by atoms with E-state index in [1.807, 2.05) is 48.7 Å². The van der Waals surface area contributed by atoms with Crippen LogP contribution in [0, 0.1) is 0 Å². The molecule has 1 aliphatic heterocycles. The molecule has 0 fully saturated rings. The van der Waals surface area contributed by atoms with Crippen molar-refractivity contribution in [3.05, 3.63) is 76.2 Å². The van der Waals surface area contributed by atoms with Crippen molar-refractivity contribution >= 4 is 22.9 Å². The maximum atomic E-state index is 11.4. The van der Waals surface area contributed by atoms with Crippen molar-refractivity contribution < 1.29 is 4.74 Å². The predicted octanol–water partition coefficient (Wildman–Crippen LogP) is 3.40. The second kappa shape index (κ2) is 10.0. The Kier molecular flexibility index (Phi) is 6.74. The minimum Gasteiger partial charge on any atom is -0.478 e. The molecule has 0 unspecified atom stereocenters. The third kappa shape index (κ3) is 5.79. The monoisotopic (exact) mass is 417 g/mol. The summed E-state index contributed by atoms with van der Waals surface area (Å²) in [4.78, 5) is 25.5. The molecule has 0 saturated carbocycles. The number of nitrogens with zero attached hydrogens (tertiary/aromatic N) is 3. The van der Waals surface area contributed by atoms with E-state index in [1.165, 1.54) is 6.07 Å². The largest absolute Gasteiger partial charge is 0.478 e. The summed E-state index contributed by atoms with van der Waals surface area (Å²) >= 11 is 0. The highest BCUT2D eigenvalue weighted by Gasteiger charge is 2.15. The molecule has 0 bridgehead atoms. The number of benzene rings is 1. The second-order valence-electron chi connectivity index (χ2n) is 7.64. The van der Waals surface area contributed by atoms with Crippen LogP contribution in [0.25, 0.3) is 11.0 Å². The molecule has 2 aromatic heterocycles. The molecule has 1 aliphatic rings. The topological polar surface area (TPSA) is 96.6 Å². The summed E-state index contributed by atoms with van der Waals surface area (Å²) in [5.74, 6) is 0.530. The van der Waals surface area contributed by atoms with E-state index in [0.717, 1.165) is 61.2 Å². The standard InChI is InChI=1S/C24H27N5O2/c25-21-12-14-29(17-19(21)16-26-20-6-2-1-3-7-20)13-4-5-15-31-23-11-9-18-8-10-22(30)27-24(18)28-23/h1-3,6-11,16H,4-5,12-15,17,25H2,(H,27,28,30). The van der Waals surface area contributed by atoms with E-state index in [1.54, 1.807) is 6.07 Å². The summed E-state index contributed by atoms with van der Waals surface area (Å²) in [5, 5.41) is 0.885. The van der Waals surface area contributed by atoms with Crippen molar-refractivity contribution in [2.75, 3.05) is 26.2 Å². The van der Waals surface area contributed by atoms with Crippen LogP contribution < -0.4 is 16.0 Å². The Bertz CT molecular complexity index is 1140. The molecule has 0 aliphatic carbocycles. The maximum absolute atomic E-state index is 11.4. The van der Waals surface area contributed by atoms with E-state index in [9.17, 15) is 4.79 Å². The van der Waals surface area contributed by atoms with E-state index < -0.39 is 0 Å². The number of aliphatic imine (C=N–C) groups is 1. The van der Waals surface area contributed by atoms with Crippen molar-refractivity contribution in [1.29, 1.82) is 0 Å². The van der Waals surface area contributed by atoms with Gasteiger partial charge in [-0.25, -0.2) is 0 Å². The number of fused-ring (bicyclic) bond motifs is 1. The van der Waals surface area contributed by atoms with Crippen LogP contribution in [0.4, 0.5) is 5.69 Å². The molecular formula is C24H27N5O2. The number of nitrogens with two attached hydrogens (primary N) is 1. The molecule has 1 aromatic carbocycles. The number of pyridine rings is 2. The van der Waals surface area contributed by atoms with Gasteiger partial charge in [0.1, 0.15) is 5.65 Å². The molecule has 31 heavy (non-hydrogen) atoms. The quantitative estimate of drug-likeness (QED) is 0.432. The first kappa shape index (κ1) is 20.8. The number of hydrogen-bond acceptors (Lipinski definition) is 6. The first-order valence-corrected chi connectivity index (χ1v) is 10.6. The van der Waals surface area contributed by atoms with Gasteiger partial charge in [0.05, 0.1) is 12.3 Å². The second-order valence-corrected chi connectivity index (χ2v) is 7.64. The van der Waals surface area contributed by atoms with E-state index in [0.29, 0.717) is 18.1 Å². The summed E-state index contributed by atoms with van der Waals surface area (Å²) < 4.78 is 5.77. The first-order valence-electron chi connectivity index (χ1n) is 10.6. The summed E-state index contributed by atoms with van der Waals surface area (Å²) in [6, 6.07) is 16.9. The lowest BCUT2D eigenvalue weighted by molar-refractivity contribution is 0.255. The Balaban J connectivity index is 1.22. The molecule has 3 aromatic rings. The van der Waals surface area contributed by atoms with Crippen LogP contribution in [-0.4, -0.2) is 47.3 Å². The zero-order valence-corrected chi connectivity index (χ0v) is 17.5. The van der Waals surface area contributed by atoms with Crippen molar-refractivity contribution in [3.63, 3.8) is 0 Å². The fourth-order valence-electron chi connectivity index (χ4n) is 3.55. The van der Waals surface area contributed by atoms with Crippen LogP contribution in [0.1, 0.15) is 19.3 Å². The molecule has 0 radical (unpaired) electrons. The van der Waals surface area contributed by atoms with Gasteiger partial charge in [0.25, 0.3) is 0 Å². The van der Waals surface area contributed by atoms with Crippen LogP contribution in [0.5, 0.6) is 5.88 Å². The number of aromatic nitrogens is 2. The number of nitrogens with one attached hydrogen (secondary N) is 1. The zero-order chi connectivity index (χ0) is 21.5. The lowest BCUT2D eigenvalue weighted by atomic mass is 10.1. The number of para-hydroxylation sites is 1. The third-order valence-corrected chi connectivity index (χ3v) is 5.30. The molecule has 3 heterocycles. The highest BCUT2D eigenvalue weighted by Crippen LogP contribution is 2.17. The van der Waals surface area contributed by atoms with Gasteiger partial charge in [0, 0.05) is 54.5 Å². The molecule has 7 nitrogen and oxygen atoms in total. The van der Waals surface area contributed by atoms with Gasteiger partial charge in [-0.15, -0.1) is 0 Å². The molecule has 4 rings (SSSR count). The summed E-state index contributed by atoms with van der Waals surface area (Å²) in [7, 11) is 0.